The molecule has 3 heterocycles. The van der Waals surface area contributed by atoms with Gasteiger partial charge in [0.05, 0.1) is 5.92 Å². The van der Waals surface area contributed by atoms with Crippen LogP contribution < -0.4 is 15.0 Å². The smallest absolute Gasteiger partial charge is 0.481 e. The zero-order chi connectivity index (χ0) is 30.6. The van der Waals surface area contributed by atoms with Crippen molar-refractivity contribution in [3.05, 3.63) is 71.9 Å². The van der Waals surface area contributed by atoms with Crippen molar-refractivity contribution in [2.24, 2.45) is 5.92 Å². The third-order valence-corrected chi connectivity index (χ3v) is 8.31. The lowest BCUT2D eigenvalue weighted by atomic mass is 9.96. The summed E-state index contributed by atoms with van der Waals surface area (Å²) in [5.41, 5.74) is 3.78. The second kappa shape index (κ2) is 14.3. The van der Waals surface area contributed by atoms with Crippen molar-refractivity contribution in [2.75, 3.05) is 29.9 Å². The van der Waals surface area contributed by atoms with Crippen molar-refractivity contribution in [3.8, 4) is 16.9 Å². The molecule has 2 aromatic carbocycles. The number of piperidine rings is 1. The van der Waals surface area contributed by atoms with Gasteiger partial charge in [-0.2, -0.15) is 0 Å². The number of hydrogen-bond donors (Lipinski definition) is 2. The van der Waals surface area contributed by atoms with Gasteiger partial charge < -0.3 is 20.1 Å². The van der Waals surface area contributed by atoms with Gasteiger partial charge in [0.25, 0.3) is 5.91 Å². The van der Waals surface area contributed by atoms with Gasteiger partial charge in [-0.05, 0) is 92.2 Å². The Hall–Kier alpha value is -3.83. The molecule has 12 heteroatoms. The Morgan fingerprint density at radius 2 is 1.70 bits per heavy atom. The van der Waals surface area contributed by atoms with Gasteiger partial charge in [0.2, 0.25) is 0 Å². The summed E-state index contributed by atoms with van der Waals surface area (Å²) in [5.74, 6) is -1.30. The van der Waals surface area contributed by atoms with Crippen LogP contribution in [-0.4, -0.2) is 58.9 Å². The van der Waals surface area contributed by atoms with E-state index < -0.39 is 12.3 Å². The lowest BCUT2D eigenvalue weighted by molar-refractivity contribution is -0.274. The molecule has 1 amide bonds. The number of benzene rings is 2. The van der Waals surface area contributed by atoms with Crippen LogP contribution in [0.25, 0.3) is 11.1 Å². The molecule has 1 aromatic heterocycles. The maximum atomic E-state index is 13.1. The maximum Gasteiger partial charge on any atom is 0.573 e. The van der Waals surface area contributed by atoms with Crippen molar-refractivity contribution >= 4 is 35.8 Å². The van der Waals surface area contributed by atoms with Crippen LogP contribution in [0.2, 0.25) is 0 Å². The third-order valence-electron chi connectivity index (χ3n) is 8.31. The summed E-state index contributed by atoms with van der Waals surface area (Å²) < 4.78 is 42.0. The lowest BCUT2D eigenvalue weighted by Gasteiger charge is -2.32. The van der Waals surface area contributed by atoms with Gasteiger partial charge in [0, 0.05) is 48.7 Å². The number of ether oxygens (including phenoxy) is 1. The molecule has 5 rings (SSSR count). The van der Waals surface area contributed by atoms with Crippen LogP contribution in [0.4, 0.5) is 24.7 Å². The van der Waals surface area contributed by atoms with E-state index in [1.807, 2.05) is 18.2 Å². The van der Waals surface area contributed by atoms with Crippen LogP contribution in [0.1, 0.15) is 54.9 Å². The van der Waals surface area contributed by atoms with Gasteiger partial charge >= 0.3 is 12.3 Å². The van der Waals surface area contributed by atoms with E-state index in [9.17, 15) is 27.9 Å². The Balaban J connectivity index is 0.00000442. The van der Waals surface area contributed by atoms with Crippen LogP contribution in [0.15, 0.2) is 60.8 Å². The number of nitrogens with one attached hydrogen (secondary N) is 1. The average Bonchev–Trinajstić information content (AvgIpc) is 3.44. The standard InChI is InChI=1S/C32H35F3N4O4.ClH/c1-2-25-4-3-15-39(25)20-24-18-29(36-19-28(24)21-7-11-27(12-8-21)43-32(33,34)35)37-30(40)22-5-9-26(10-6-22)38-16-13-23(14-17-38)31(41)42;/h5-12,18-19,23,25H,2-4,13-17,20H2,1H3,(H,41,42)(H,36,37,40);1H/t25-;/m1./s1. The summed E-state index contributed by atoms with van der Waals surface area (Å²) in [6, 6.07) is 15.2. The van der Waals surface area contributed by atoms with Gasteiger partial charge in [-0.25, -0.2) is 4.98 Å². The fourth-order valence-corrected chi connectivity index (χ4v) is 5.97. The molecule has 2 saturated heterocycles. The molecule has 236 valence electrons. The lowest BCUT2D eigenvalue weighted by Crippen LogP contribution is -2.36. The molecule has 0 bridgehead atoms. The highest BCUT2D eigenvalue weighted by atomic mass is 35.5. The molecule has 1 atom stereocenters. The number of amides is 1. The number of aromatic nitrogens is 1. The number of rotatable bonds is 9. The fourth-order valence-electron chi connectivity index (χ4n) is 5.97. The largest absolute Gasteiger partial charge is 0.573 e. The van der Waals surface area contributed by atoms with Crippen molar-refractivity contribution < 1.29 is 32.6 Å². The molecular formula is C32H36ClF3N4O4. The summed E-state index contributed by atoms with van der Waals surface area (Å²) in [6.07, 6.45) is 1.27. The van der Waals surface area contributed by atoms with E-state index in [0.29, 0.717) is 55.5 Å². The molecule has 2 N–H and O–H groups in total. The number of carboxylic acid groups (broad SMARTS) is 1. The molecule has 0 saturated carbocycles. The van der Waals surface area contributed by atoms with E-state index in [2.05, 4.69) is 31.8 Å². The third kappa shape index (κ3) is 8.21. The zero-order valence-corrected chi connectivity index (χ0v) is 25.2. The van der Waals surface area contributed by atoms with E-state index >= 15 is 0 Å². The number of hydrogen-bond acceptors (Lipinski definition) is 6. The molecule has 0 unspecified atom stereocenters. The number of likely N-dealkylation sites (tertiary alicyclic amines) is 1. The number of halogens is 4. The van der Waals surface area contributed by atoms with Crippen molar-refractivity contribution in [1.29, 1.82) is 0 Å². The summed E-state index contributed by atoms with van der Waals surface area (Å²) in [6.45, 7) is 5.02. The van der Waals surface area contributed by atoms with Gasteiger partial charge in [-0.15, -0.1) is 25.6 Å². The molecule has 0 spiro atoms. The first-order valence-electron chi connectivity index (χ1n) is 14.6. The van der Waals surface area contributed by atoms with Crippen LogP contribution in [0.3, 0.4) is 0 Å². The maximum absolute atomic E-state index is 13.1. The highest BCUT2D eigenvalue weighted by Crippen LogP contribution is 2.32. The number of anilines is 2. The minimum Gasteiger partial charge on any atom is -0.481 e. The Labute approximate surface area is 260 Å². The van der Waals surface area contributed by atoms with Gasteiger partial charge in [-0.3, -0.25) is 14.5 Å². The first-order chi connectivity index (χ1) is 20.6. The molecule has 0 aliphatic carbocycles. The van der Waals surface area contributed by atoms with Crippen LogP contribution in [0, 0.1) is 5.92 Å². The van der Waals surface area contributed by atoms with Crippen LogP contribution in [-0.2, 0) is 11.3 Å². The number of pyridine rings is 1. The first kappa shape index (κ1) is 33.1. The minimum atomic E-state index is -4.77. The molecule has 2 aliphatic rings. The van der Waals surface area contributed by atoms with E-state index in [1.54, 1.807) is 30.5 Å². The Morgan fingerprint density at radius 1 is 1.02 bits per heavy atom. The van der Waals surface area contributed by atoms with Gasteiger partial charge in [-0.1, -0.05) is 19.1 Å². The molecule has 44 heavy (non-hydrogen) atoms. The summed E-state index contributed by atoms with van der Waals surface area (Å²) in [4.78, 5) is 33.4. The number of carbonyl (C=O) groups is 2. The monoisotopic (exact) mass is 632 g/mol. The normalized spacial score (nSPS) is 17.6. The number of aliphatic carboxylic acids is 1. The molecule has 3 aromatic rings. The van der Waals surface area contributed by atoms with E-state index in [0.717, 1.165) is 42.6 Å². The number of carboxylic acids is 1. The molecular weight excluding hydrogens is 597 g/mol. The topological polar surface area (TPSA) is 95.0 Å². The van der Waals surface area contributed by atoms with E-state index in [1.165, 1.54) is 12.1 Å². The SMILES string of the molecule is CC[C@@H]1CCCN1Cc1cc(NC(=O)c2ccc(N3CCC(C(=O)O)CC3)cc2)ncc1-c1ccc(OC(F)(F)F)cc1.Cl. The van der Waals surface area contributed by atoms with Gasteiger partial charge in [0.15, 0.2) is 0 Å². The minimum absolute atomic E-state index is 0. The average molecular weight is 633 g/mol. The quantitative estimate of drug-likeness (QED) is 0.262. The van der Waals surface area contributed by atoms with Gasteiger partial charge in [0.1, 0.15) is 11.6 Å². The Morgan fingerprint density at radius 3 is 2.32 bits per heavy atom. The molecule has 8 nitrogen and oxygen atoms in total. The number of nitrogens with zero attached hydrogens (tertiary/aromatic N) is 3. The highest BCUT2D eigenvalue weighted by Gasteiger charge is 2.31. The summed E-state index contributed by atoms with van der Waals surface area (Å²) >= 11 is 0. The van der Waals surface area contributed by atoms with Crippen molar-refractivity contribution in [1.82, 2.24) is 9.88 Å². The van der Waals surface area contributed by atoms with Crippen LogP contribution in [0.5, 0.6) is 5.75 Å². The molecule has 2 aliphatic heterocycles. The second-order valence-electron chi connectivity index (χ2n) is 11.1. The predicted octanol–water partition coefficient (Wildman–Crippen LogP) is 7.00. The first-order valence-corrected chi connectivity index (χ1v) is 14.6. The molecule has 2 fully saturated rings. The zero-order valence-electron chi connectivity index (χ0n) is 24.3. The highest BCUT2D eigenvalue weighted by molar-refractivity contribution is 6.04. The Kier molecular flexibility index (Phi) is 10.7. The fraction of sp³-hybridized carbons (Fsp3) is 0.406. The number of alkyl halides is 3. The molecule has 0 radical (unpaired) electrons. The van der Waals surface area contributed by atoms with Crippen LogP contribution >= 0.6 is 12.4 Å². The van der Waals surface area contributed by atoms with E-state index in [4.69, 9.17) is 0 Å². The van der Waals surface area contributed by atoms with Crippen molar-refractivity contribution in [2.45, 2.75) is 58.0 Å². The second-order valence-corrected chi connectivity index (χ2v) is 11.1. The number of carbonyl (C=O) groups excluding carboxylic acids is 1. The van der Waals surface area contributed by atoms with E-state index in [-0.39, 0.29) is 30.0 Å². The predicted molar refractivity (Wildman–Crippen MR) is 164 cm³/mol. The Bertz CT molecular complexity index is 1430. The summed E-state index contributed by atoms with van der Waals surface area (Å²) in [5, 5.41) is 12.1. The summed E-state index contributed by atoms with van der Waals surface area (Å²) in [7, 11) is 0. The van der Waals surface area contributed by atoms with Crippen molar-refractivity contribution in [3.63, 3.8) is 0 Å².